The highest BCUT2D eigenvalue weighted by Gasteiger charge is 2.13. The number of benzene rings is 1. The van der Waals surface area contributed by atoms with Gasteiger partial charge in [0, 0.05) is 34.4 Å². The number of aryl methyl sites for hydroxylation is 1. The lowest BCUT2D eigenvalue weighted by molar-refractivity contribution is 0.0696. The van der Waals surface area contributed by atoms with Crippen LogP contribution in [0.2, 0.25) is 0 Å². The first-order valence-corrected chi connectivity index (χ1v) is 7.67. The van der Waals surface area contributed by atoms with Gasteiger partial charge in [0.15, 0.2) is 0 Å². The maximum atomic E-state index is 11.3. The number of aromatic carboxylic acids is 1. The summed E-state index contributed by atoms with van der Waals surface area (Å²) in [6.07, 6.45) is 1.85. The fourth-order valence-corrected chi connectivity index (χ4v) is 2.87. The van der Waals surface area contributed by atoms with Gasteiger partial charge in [-0.2, -0.15) is 5.26 Å². The Morgan fingerprint density at radius 1 is 1.29 bits per heavy atom. The first-order chi connectivity index (χ1) is 11.4. The van der Waals surface area contributed by atoms with Crippen molar-refractivity contribution in [2.24, 2.45) is 0 Å². The topological polar surface area (TPSA) is 78.9 Å². The van der Waals surface area contributed by atoms with Crippen molar-refractivity contribution < 1.29 is 9.90 Å². The lowest BCUT2D eigenvalue weighted by atomic mass is 10.0. The van der Waals surface area contributed by atoms with E-state index in [1.165, 1.54) is 0 Å². The summed E-state index contributed by atoms with van der Waals surface area (Å²) in [5, 5.41) is 19.5. The van der Waals surface area contributed by atoms with Crippen molar-refractivity contribution in [1.82, 2.24) is 9.55 Å². The molecule has 1 aromatic carbocycles. The maximum absolute atomic E-state index is 11.3. The number of carbonyl (C=O) groups is 1. The van der Waals surface area contributed by atoms with E-state index in [2.05, 4.69) is 29.5 Å². The fourth-order valence-electron chi connectivity index (χ4n) is 2.87. The predicted molar refractivity (Wildman–Crippen MR) is 92.0 cm³/mol. The second-order valence-electron chi connectivity index (χ2n) is 6.08. The van der Waals surface area contributed by atoms with Crippen LogP contribution in [0.5, 0.6) is 0 Å². The number of hydrogen-bond donors (Lipinski definition) is 1. The van der Waals surface area contributed by atoms with Gasteiger partial charge in [0.05, 0.1) is 16.8 Å². The minimum absolute atomic E-state index is 0.206. The molecule has 0 bridgehead atoms. The molecule has 5 nitrogen and oxygen atoms in total. The molecule has 1 N–H and O–H groups in total. The average molecular weight is 319 g/mol. The monoisotopic (exact) mass is 319 g/mol. The zero-order valence-electron chi connectivity index (χ0n) is 13.7. The van der Waals surface area contributed by atoms with E-state index in [1.54, 1.807) is 19.1 Å². The van der Waals surface area contributed by atoms with Gasteiger partial charge in [-0.05, 0) is 45.0 Å². The van der Waals surface area contributed by atoms with E-state index in [4.69, 9.17) is 0 Å². The van der Waals surface area contributed by atoms with Crippen LogP contribution in [-0.2, 0) is 0 Å². The molecule has 5 heteroatoms. The molecule has 2 heterocycles. The summed E-state index contributed by atoms with van der Waals surface area (Å²) in [6, 6.07) is 11.3. The van der Waals surface area contributed by atoms with Gasteiger partial charge in [-0.15, -0.1) is 0 Å². The molecule has 3 aromatic rings. The largest absolute Gasteiger partial charge is 0.478 e. The molecule has 0 spiro atoms. The van der Waals surface area contributed by atoms with Gasteiger partial charge in [-0.1, -0.05) is 6.07 Å². The molecule has 0 saturated heterocycles. The van der Waals surface area contributed by atoms with E-state index in [-0.39, 0.29) is 11.6 Å². The molecule has 0 atom stereocenters. The highest BCUT2D eigenvalue weighted by atomic mass is 16.4. The molecule has 2 aromatic heterocycles. The second-order valence-corrected chi connectivity index (χ2v) is 6.08. The van der Waals surface area contributed by atoms with Crippen molar-refractivity contribution in [3.05, 3.63) is 53.3 Å². The van der Waals surface area contributed by atoms with Crippen LogP contribution in [0.3, 0.4) is 0 Å². The molecule has 0 aliphatic heterocycles. The van der Waals surface area contributed by atoms with E-state index >= 15 is 0 Å². The molecule has 0 fully saturated rings. The summed E-state index contributed by atoms with van der Waals surface area (Å²) in [5.41, 5.74) is 3.83. The van der Waals surface area contributed by atoms with Crippen molar-refractivity contribution in [3.8, 4) is 17.3 Å². The second kappa shape index (κ2) is 5.82. The highest BCUT2D eigenvalue weighted by molar-refractivity contribution is 5.92. The summed E-state index contributed by atoms with van der Waals surface area (Å²) in [4.78, 5) is 15.7. The van der Waals surface area contributed by atoms with Gasteiger partial charge >= 0.3 is 5.97 Å². The standard InChI is InChI=1S/C19H17N3O2/c1-11(2)22-10-15(9-20)16-7-13(4-5-18(16)22)17-8-14(19(23)24)6-12(3)21-17/h4-8,10-11H,1-3H3,(H,23,24). The van der Waals surface area contributed by atoms with Crippen LogP contribution < -0.4 is 0 Å². The van der Waals surface area contributed by atoms with Gasteiger partial charge in [-0.3, -0.25) is 4.98 Å². The lowest BCUT2D eigenvalue weighted by Gasteiger charge is -2.10. The lowest BCUT2D eigenvalue weighted by Crippen LogP contribution is -2.00. The van der Waals surface area contributed by atoms with Crippen molar-refractivity contribution in [3.63, 3.8) is 0 Å². The van der Waals surface area contributed by atoms with Gasteiger partial charge in [0.1, 0.15) is 6.07 Å². The minimum Gasteiger partial charge on any atom is -0.478 e. The zero-order chi connectivity index (χ0) is 17.4. The zero-order valence-corrected chi connectivity index (χ0v) is 13.7. The minimum atomic E-state index is -0.980. The van der Waals surface area contributed by atoms with Crippen LogP contribution in [-0.4, -0.2) is 20.6 Å². The number of pyridine rings is 1. The van der Waals surface area contributed by atoms with Crippen molar-refractivity contribution in [1.29, 1.82) is 5.26 Å². The van der Waals surface area contributed by atoms with Crippen LogP contribution in [0.4, 0.5) is 0 Å². The Hall–Kier alpha value is -3.13. The van der Waals surface area contributed by atoms with Crippen LogP contribution in [0.1, 0.15) is 41.5 Å². The van der Waals surface area contributed by atoms with Crippen molar-refractivity contribution in [2.75, 3.05) is 0 Å². The van der Waals surface area contributed by atoms with Crippen LogP contribution in [0.15, 0.2) is 36.5 Å². The first kappa shape index (κ1) is 15.8. The number of nitrogens with zero attached hydrogens (tertiary/aromatic N) is 3. The quantitative estimate of drug-likeness (QED) is 0.786. The van der Waals surface area contributed by atoms with E-state index in [0.29, 0.717) is 17.0 Å². The third-order valence-electron chi connectivity index (χ3n) is 4.01. The summed E-state index contributed by atoms with van der Waals surface area (Å²) >= 11 is 0. The highest BCUT2D eigenvalue weighted by Crippen LogP contribution is 2.29. The Kier molecular flexibility index (Phi) is 3.82. The third-order valence-corrected chi connectivity index (χ3v) is 4.01. The summed E-state index contributed by atoms with van der Waals surface area (Å²) < 4.78 is 2.06. The summed E-state index contributed by atoms with van der Waals surface area (Å²) in [5.74, 6) is -0.980. The predicted octanol–water partition coefficient (Wildman–Crippen LogP) is 4.16. The van der Waals surface area contributed by atoms with E-state index in [0.717, 1.165) is 16.5 Å². The number of carboxylic acids is 1. The van der Waals surface area contributed by atoms with Crippen LogP contribution >= 0.6 is 0 Å². The third kappa shape index (κ3) is 2.63. The smallest absolute Gasteiger partial charge is 0.335 e. The SMILES string of the molecule is Cc1cc(C(=O)O)cc(-c2ccc3c(c2)c(C#N)cn3C(C)C)n1. The summed E-state index contributed by atoms with van der Waals surface area (Å²) in [6.45, 7) is 5.90. The number of aromatic nitrogens is 2. The fraction of sp³-hybridized carbons (Fsp3) is 0.211. The molecule has 3 rings (SSSR count). The normalized spacial score (nSPS) is 11.0. The van der Waals surface area contributed by atoms with Gasteiger partial charge < -0.3 is 9.67 Å². The van der Waals surface area contributed by atoms with Gasteiger partial charge in [-0.25, -0.2) is 4.79 Å². The molecule has 120 valence electrons. The van der Waals surface area contributed by atoms with Crippen LogP contribution in [0.25, 0.3) is 22.2 Å². The molecule has 0 saturated carbocycles. The molecule has 0 radical (unpaired) electrons. The first-order valence-electron chi connectivity index (χ1n) is 7.67. The number of nitriles is 1. The Bertz CT molecular complexity index is 994. The Morgan fingerprint density at radius 2 is 2.04 bits per heavy atom. The average Bonchev–Trinajstić information content (AvgIpc) is 2.92. The van der Waals surface area contributed by atoms with E-state index < -0.39 is 5.97 Å². The van der Waals surface area contributed by atoms with Crippen LogP contribution in [0, 0.1) is 18.3 Å². The Morgan fingerprint density at radius 3 is 2.67 bits per heavy atom. The number of fused-ring (bicyclic) bond motifs is 1. The molecule has 0 aliphatic rings. The van der Waals surface area contributed by atoms with E-state index in [1.807, 2.05) is 24.4 Å². The molecular weight excluding hydrogens is 302 g/mol. The molecule has 0 unspecified atom stereocenters. The number of hydrogen-bond acceptors (Lipinski definition) is 3. The maximum Gasteiger partial charge on any atom is 0.335 e. The number of carboxylic acid groups (broad SMARTS) is 1. The molecule has 0 aliphatic carbocycles. The number of rotatable bonds is 3. The molecule has 24 heavy (non-hydrogen) atoms. The molecule has 0 amide bonds. The van der Waals surface area contributed by atoms with E-state index in [9.17, 15) is 15.2 Å². The summed E-state index contributed by atoms with van der Waals surface area (Å²) in [7, 11) is 0. The Labute approximate surface area is 139 Å². The van der Waals surface area contributed by atoms with Crippen molar-refractivity contribution >= 4 is 16.9 Å². The van der Waals surface area contributed by atoms with Crippen molar-refractivity contribution in [2.45, 2.75) is 26.8 Å². The van der Waals surface area contributed by atoms with Gasteiger partial charge in [0.25, 0.3) is 0 Å². The Balaban J connectivity index is 2.22. The molecular formula is C19H17N3O2. The van der Waals surface area contributed by atoms with Gasteiger partial charge in [0.2, 0.25) is 0 Å².